The summed E-state index contributed by atoms with van der Waals surface area (Å²) in [5, 5.41) is 11.3. The van der Waals surface area contributed by atoms with Crippen molar-refractivity contribution in [3.63, 3.8) is 0 Å². The lowest BCUT2D eigenvalue weighted by Crippen LogP contribution is -2.44. The molecule has 3 aromatic rings. The van der Waals surface area contributed by atoms with Gasteiger partial charge in [0.05, 0.1) is 23.3 Å². The van der Waals surface area contributed by atoms with E-state index in [1.807, 2.05) is 78.2 Å². The molecule has 3 rings (SSSR count). The number of allylic oxidation sites excluding steroid dienone is 1. The quantitative estimate of drug-likeness (QED) is 0.167. The third-order valence-corrected chi connectivity index (χ3v) is 7.42. The number of aromatic nitrogens is 1. The van der Waals surface area contributed by atoms with Crippen LogP contribution < -0.4 is 21.7 Å². The fourth-order valence-corrected chi connectivity index (χ4v) is 4.81. The summed E-state index contributed by atoms with van der Waals surface area (Å²) in [5.74, 6) is -0.458. The molecule has 43 heavy (non-hydrogen) atoms. The van der Waals surface area contributed by atoms with E-state index in [0.29, 0.717) is 18.0 Å². The fourth-order valence-electron chi connectivity index (χ4n) is 3.98. The van der Waals surface area contributed by atoms with Crippen LogP contribution in [0.3, 0.4) is 0 Å². The lowest BCUT2D eigenvalue weighted by Gasteiger charge is -2.20. The van der Waals surface area contributed by atoms with Crippen molar-refractivity contribution in [2.45, 2.75) is 45.7 Å². The Hall–Kier alpha value is -4.70. The number of amides is 4. The van der Waals surface area contributed by atoms with Crippen molar-refractivity contribution in [2.75, 3.05) is 13.6 Å². The zero-order chi connectivity index (χ0) is 31.2. The van der Waals surface area contributed by atoms with Crippen molar-refractivity contribution in [1.82, 2.24) is 25.8 Å². The van der Waals surface area contributed by atoms with Crippen molar-refractivity contribution in [1.29, 1.82) is 0 Å². The van der Waals surface area contributed by atoms with Crippen molar-refractivity contribution >= 4 is 35.3 Å². The van der Waals surface area contributed by atoms with Crippen LogP contribution in [0.5, 0.6) is 0 Å². The lowest BCUT2D eigenvalue weighted by molar-refractivity contribution is -0.119. The molecule has 9 nitrogen and oxygen atoms in total. The second-order valence-electron chi connectivity index (χ2n) is 10.4. The maximum atomic E-state index is 13.5. The van der Waals surface area contributed by atoms with Crippen LogP contribution in [-0.4, -0.2) is 47.4 Å². The summed E-state index contributed by atoms with van der Waals surface area (Å²) in [4.78, 5) is 44.2. The molecule has 0 saturated heterocycles. The number of thiazole rings is 1. The maximum absolute atomic E-state index is 13.5. The number of rotatable bonds is 13. The van der Waals surface area contributed by atoms with Crippen molar-refractivity contribution in [3.8, 4) is 0 Å². The molecule has 1 aromatic heterocycles. The third-order valence-electron chi connectivity index (χ3n) is 6.22. The van der Waals surface area contributed by atoms with Crippen LogP contribution in [0.2, 0.25) is 0 Å². The maximum Gasteiger partial charge on any atom is 0.322 e. The third kappa shape index (κ3) is 11.6. The Labute approximate surface area is 257 Å². The van der Waals surface area contributed by atoms with Gasteiger partial charge in [0.1, 0.15) is 5.70 Å². The zero-order valence-corrected chi connectivity index (χ0v) is 25.9. The second kappa shape index (κ2) is 16.7. The molecule has 0 bridgehead atoms. The molecular formula is C33H40N6O3S. The van der Waals surface area contributed by atoms with E-state index in [-0.39, 0.29) is 24.7 Å². The van der Waals surface area contributed by atoms with Crippen molar-refractivity contribution < 1.29 is 14.4 Å². The molecule has 0 aliphatic carbocycles. The van der Waals surface area contributed by atoms with Gasteiger partial charge in [-0.25, -0.2) is 9.78 Å². The Kier molecular flexibility index (Phi) is 12.7. The summed E-state index contributed by atoms with van der Waals surface area (Å²) in [6, 6.07) is 18.5. The second-order valence-corrected chi connectivity index (χ2v) is 11.2. The monoisotopic (exact) mass is 600 g/mol. The van der Waals surface area contributed by atoms with Crippen LogP contribution in [0.4, 0.5) is 4.79 Å². The molecule has 5 N–H and O–H groups in total. The van der Waals surface area contributed by atoms with E-state index in [0.717, 1.165) is 21.8 Å². The van der Waals surface area contributed by atoms with Gasteiger partial charge in [-0.3, -0.25) is 9.59 Å². The smallest absolute Gasteiger partial charge is 0.322 e. The van der Waals surface area contributed by atoms with Crippen molar-refractivity contribution in [2.24, 2.45) is 5.73 Å². The van der Waals surface area contributed by atoms with Crippen LogP contribution in [0.1, 0.15) is 48.5 Å². The first-order valence-corrected chi connectivity index (χ1v) is 14.9. The minimum atomic E-state index is -0.501. The molecule has 2 aromatic carbocycles. The number of nitrogens with zero attached hydrogens (tertiary/aromatic N) is 2. The highest BCUT2D eigenvalue weighted by molar-refractivity contribution is 7.09. The van der Waals surface area contributed by atoms with Crippen LogP contribution >= 0.6 is 11.3 Å². The number of nitrogens with one attached hydrogen (secondary N) is 3. The number of hydrogen-bond donors (Lipinski definition) is 4. The van der Waals surface area contributed by atoms with Crippen LogP contribution in [-0.2, 0) is 22.6 Å². The lowest BCUT2D eigenvalue weighted by atomic mass is 10.0. The summed E-state index contributed by atoms with van der Waals surface area (Å²) >= 11 is 1.55. The molecule has 0 radical (unpaired) electrons. The first kappa shape index (κ1) is 32.8. The average molecular weight is 601 g/mol. The molecule has 10 heteroatoms. The Bertz CT molecular complexity index is 1450. The summed E-state index contributed by atoms with van der Waals surface area (Å²) < 4.78 is 0. The molecule has 1 atom stereocenters. The number of urea groups is 1. The highest BCUT2D eigenvalue weighted by Crippen LogP contribution is 2.20. The summed E-state index contributed by atoms with van der Waals surface area (Å²) in [6.45, 7) is 5.86. The van der Waals surface area contributed by atoms with Gasteiger partial charge in [0.15, 0.2) is 0 Å². The molecule has 0 unspecified atom stereocenters. The van der Waals surface area contributed by atoms with Crippen LogP contribution in [0, 0.1) is 0 Å². The Morgan fingerprint density at radius 1 is 1.05 bits per heavy atom. The summed E-state index contributed by atoms with van der Waals surface area (Å²) in [7, 11) is 1.63. The minimum Gasteiger partial charge on any atom is -0.399 e. The van der Waals surface area contributed by atoms with Gasteiger partial charge in [-0.2, -0.15) is 0 Å². The Morgan fingerprint density at radius 2 is 1.72 bits per heavy atom. The van der Waals surface area contributed by atoms with Gasteiger partial charge < -0.3 is 26.6 Å². The van der Waals surface area contributed by atoms with Gasteiger partial charge in [0.2, 0.25) is 5.91 Å². The number of benzene rings is 2. The largest absolute Gasteiger partial charge is 0.399 e. The van der Waals surface area contributed by atoms with E-state index < -0.39 is 18.0 Å². The fraction of sp³-hybridized carbons (Fsp3) is 0.273. The summed E-state index contributed by atoms with van der Waals surface area (Å²) in [6.07, 6.45) is 7.41. The van der Waals surface area contributed by atoms with Gasteiger partial charge >= 0.3 is 6.03 Å². The first-order chi connectivity index (χ1) is 20.6. The number of carbonyl (C=O) groups is 3. The van der Waals surface area contributed by atoms with Crippen molar-refractivity contribution in [3.05, 3.63) is 117 Å². The predicted molar refractivity (Wildman–Crippen MR) is 173 cm³/mol. The van der Waals surface area contributed by atoms with Crippen LogP contribution in [0.25, 0.3) is 6.08 Å². The molecule has 0 fully saturated rings. The standard InChI is InChI=1S/C33H40N6O3S/c1-23(2)32-37-29(22-43-32)21-39(4)33(42)38-30(17-18-35-24(3)40)31(41)36-28(20-26-13-9-6-10-14-26)16-15-27(34)19-25-11-7-5-8-12-25/h5-17,19,22-23,28H,18,20-21,34H2,1-4H3,(H,35,40)(H,36,41)(H,38,42)/b16-15+,27-19+,30-17+/t28-/m0/s1. The molecule has 0 aliphatic rings. The summed E-state index contributed by atoms with van der Waals surface area (Å²) in [5.41, 5.74) is 9.55. The minimum absolute atomic E-state index is 0.0195. The molecule has 0 aliphatic heterocycles. The number of carbonyl (C=O) groups excluding carboxylic acids is 3. The molecule has 0 saturated carbocycles. The van der Waals surface area contributed by atoms with E-state index >= 15 is 0 Å². The highest BCUT2D eigenvalue weighted by atomic mass is 32.1. The number of nitrogens with two attached hydrogens (primary N) is 1. The Balaban J connectivity index is 1.77. The van der Waals surface area contributed by atoms with E-state index in [9.17, 15) is 14.4 Å². The Morgan fingerprint density at radius 3 is 2.35 bits per heavy atom. The van der Waals surface area contributed by atoms with Gasteiger partial charge in [-0.05, 0) is 35.8 Å². The number of hydrogen-bond acceptors (Lipinski definition) is 6. The van der Waals surface area contributed by atoms with E-state index in [1.54, 1.807) is 24.5 Å². The molecule has 226 valence electrons. The normalized spacial score (nSPS) is 12.7. The topological polar surface area (TPSA) is 129 Å². The van der Waals surface area contributed by atoms with E-state index in [4.69, 9.17) is 5.73 Å². The molecule has 0 spiro atoms. The van der Waals surface area contributed by atoms with E-state index in [2.05, 4.69) is 34.8 Å². The van der Waals surface area contributed by atoms with Gasteiger partial charge in [-0.15, -0.1) is 11.3 Å². The predicted octanol–water partition coefficient (Wildman–Crippen LogP) is 4.71. The zero-order valence-electron chi connectivity index (χ0n) is 25.0. The average Bonchev–Trinajstić information content (AvgIpc) is 3.45. The van der Waals surface area contributed by atoms with E-state index in [1.165, 1.54) is 17.9 Å². The SMILES string of the molecule is CC(=O)NC/C=C(/NC(=O)N(C)Cc1csc(C(C)C)n1)C(=O)N[C@@H](/C=C/C(N)=C\c1ccccc1)Cc1ccccc1. The first-order valence-electron chi connectivity index (χ1n) is 14.1. The molecule has 1 heterocycles. The molecular weight excluding hydrogens is 560 g/mol. The van der Waals surface area contributed by atoms with Gasteiger partial charge in [0, 0.05) is 37.5 Å². The van der Waals surface area contributed by atoms with Gasteiger partial charge in [-0.1, -0.05) is 80.6 Å². The van der Waals surface area contributed by atoms with Gasteiger partial charge in [0.25, 0.3) is 5.91 Å². The van der Waals surface area contributed by atoms with Crippen LogP contribution in [0.15, 0.2) is 95.7 Å². The molecule has 4 amide bonds. The highest BCUT2D eigenvalue weighted by Gasteiger charge is 2.19.